The highest BCUT2D eigenvalue weighted by atomic mass is 127. The molecule has 0 aromatic heterocycles. The first kappa shape index (κ1) is 11.3. The van der Waals surface area contributed by atoms with Crippen molar-refractivity contribution < 1.29 is 14.3 Å². The second kappa shape index (κ2) is 4.63. The summed E-state index contributed by atoms with van der Waals surface area (Å²) in [5.74, 6) is 0.200. The fourth-order valence-electron chi connectivity index (χ4n) is 1.20. The van der Waals surface area contributed by atoms with Gasteiger partial charge >= 0.3 is 5.97 Å². The van der Waals surface area contributed by atoms with E-state index in [1.807, 2.05) is 13.0 Å². The Morgan fingerprint density at radius 2 is 2.00 bits per heavy atom. The van der Waals surface area contributed by atoms with Gasteiger partial charge in [-0.3, -0.25) is 0 Å². The van der Waals surface area contributed by atoms with Crippen molar-refractivity contribution in [1.82, 2.24) is 0 Å². The number of carbonyl (C=O) groups excluding carboxylic acids is 1. The summed E-state index contributed by atoms with van der Waals surface area (Å²) in [6.45, 7) is 1.92. The molecule has 0 spiro atoms. The zero-order valence-corrected chi connectivity index (χ0v) is 10.4. The van der Waals surface area contributed by atoms with Crippen molar-refractivity contribution in [3.05, 3.63) is 26.8 Å². The number of methoxy groups -OCH3 is 2. The molecule has 0 N–H and O–H groups in total. The van der Waals surface area contributed by atoms with E-state index >= 15 is 0 Å². The van der Waals surface area contributed by atoms with E-state index in [9.17, 15) is 4.79 Å². The van der Waals surface area contributed by atoms with Gasteiger partial charge in [0.25, 0.3) is 0 Å². The number of esters is 1. The zero-order chi connectivity index (χ0) is 10.7. The maximum Gasteiger partial charge on any atom is 0.341 e. The van der Waals surface area contributed by atoms with Gasteiger partial charge in [-0.25, -0.2) is 4.79 Å². The minimum Gasteiger partial charge on any atom is -0.495 e. The summed E-state index contributed by atoms with van der Waals surface area (Å²) >= 11 is 2.13. The molecule has 0 aliphatic heterocycles. The van der Waals surface area contributed by atoms with Gasteiger partial charge < -0.3 is 9.47 Å². The topological polar surface area (TPSA) is 35.5 Å². The lowest BCUT2D eigenvalue weighted by atomic mass is 10.1. The van der Waals surface area contributed by atoms with Gasteiger partial charge in [0.05, 0.1) is 17.8 Å². The summed E-state index contributed by atoms with van der Waals surface area (Å²) in [4.78, 5) is 11.4. The molecule has 0 aliphatic rings. The second-order valence-corrected chi connectivity index (χ2v) is 3.98. The van der Waals surface area contributed by atoms with Crippen molar-refractivity contribution in [2.45, 2.75) is 6.92 Å². The van der Waals surface area contributed by atoms with Crippen molar-refractivity contribution >= 4 is 28.6 Å². The van der Waals surface area contributed by atoms with Crippen LogP contribution in [0.3, 0.4) is 0 Å². The number of halogens is 1. The number of ether oxygens (including phenoxy) is 2. The molecule has 0 saturated heterocycles. The van der Waals surface area contributed by atoms with Crippen LogP contribution in [-0.4, -0.2) is 20.2 Å². The maximum atomic E-state index is 11.4. The number of rotatable bonds is 2. The van der Waals surface area contributed by atoms with E-state index in [1.54, 1.807) is 13.2 Å². The second-order valence-electron chi connectivity index (χ2n) is 2.82. The fourth-order valence-corrected chi connectivity index (χ4v) is 2.20. The van der Waals surface area contributed by atoms with Crippen LogP contribution in [0.15, 0.2) is 12.1 Å². The highest BCUT2D eigenvalue weighted by Crippen LogP contribution is 2.27. The van der Waals surface area contributed by atoms with E-state index in [2.05, 4.69) is 27.3 Å². The van der Waals surface area contributed by atoms with Gasteiger partial charge in [-0.2, -0.15) is 0 Å². The van der Waals surface area contributed by atoms with Crippen molar-refractivity contribution in [2.75, 3.05) is 14.2 Å². The molecule has 0 aliphatic carbocycles. The molecule has 0 unspecified atom stereocenters. The molecule has 0 amide bonds. The summed E-state index contributed by atoms with van der Waals surface area (Å²) in [6.07, 6.45) is 0. The van der Waals surface area contributed by atoms with Crippen LogP contribution < -0.4 is 4.74 Å². The first-order valence-electron chi connectivity index (χ1n) is 4.02. The van der Waals surface area contributed by atoms with Crippen LogP contribution in [0.25, 0.3) is 0 Å². The van der Waals surface area contributed by atoms with Gasteiger partial charge in [-0.05, 0) is 47.2 Å². The van der Waals surface area contributed by atoms with E-state index in [1.165, 1.54) is 7.11 Å². The minimum absolute atomic E-state index is 0.372. The Hall–Kier alpha value is -0.780. The third-order valence-corrected chi connectivity index (χ3v) is 2.60. The molecule has 1 rings (SSSR count). The first-order valence-corrected chi connectivity index (χ1v) is 5.10. The predicted molar refractivity (Wildman–Crippen MR) is 61.8 cm³/mol. The predicted octanol–water partition coefficient (Wildman–Crippen LogP) is 2.39. The number of aryl methyl sites for hydroxylation is 1. The molecule has 0 fully saturated rings. The van der Waals surface area contributed by atoms with Crippen LogP contribution in [0.2, 0.25) is 0 Å². The summed E-state index contributed by atoms with van der Waals surface area (Å²) < 4.78 is 10.7. The fraction of sp³-hybridized carbons (Fsp3) is 0.300. The average molecular weight is 306 g/mol. The lowest BCUT2D eigenvalue weighted by molar-refractivity contribution is 0.0597. The van der Waals surface area contributed by atoms with Gasteiger partial charge in [-0.1, -0.05) is 0 Å². The Morgan fingerprint density at radius 1 is 1.36 bits per heavy atom. The van der Waals surface area contributed by atoms with E-state index < -0.39 is 0 Å². The van der Waals surface area contributed by atoms with Gasteiger partial charge in [0, 0.05) is 0 Å². The number of hydrogen-bond acceptors (Lipinski definition) is 3. The molecule has 0 atom stereocenters. The Kier molecular flexibility index (Phi) is 3.74. The van der Waals surface area contributed by atoms with Crippen LogP contribution in [-0.2, 0) is 4.74 Å². The maximum absolute atomic E-state index is 11.4. The Labute approximate surface area is 96.5 Å². The normalized spacial score (nSPS) is 9.71. The summed E-state index contributed by atoms with van der Waals surface area (Å²) in [5.41, 5.74) is 1.48. The third-order valence-electron chi connectivity index (χ3n) is 1.80. The van der Waals surface area contributed by atoms with Crippen LogP contribution >= 0.6 is 22.6 Å². The SMILES string of the molecule is COC(=O)c1cc(C)cc(I)c1OC. The monoisotopic (exact) mass is 306 g/mol. The van der Waals surface area contributed by atoms with E-state index in [0.717, 1.165) is 9.13 Å². The van der Waals surface area contributed by atoms with Crippen LogP contribution in [0.5, 0.6) is 5.75 Å². The summed E-state index contributed by atoms with van der Waals surface area (Å²) in [5, 5.41) is 0. The summed E-state index contributed by atoms with van der Waals surface area (Å²) in [7, 11) is 2.90. The highest BCUT2D eigenvalue weighted by Gasteiger charge is 2.15. The van der Waals surface area contributed by atoms with Crippen molar-refractivity contribution in [3.63, 3.8) is 0 Å². The lowest BCUT2D eigenvalue weighted by Gasteiger charge is -2.09. The molecule has 0 heterocycles. The van der Waals surface area contributed by atoms with Crippen molar-refractivity contribution in [1.29, 1.82) is 0 Å². The van der Waals surface area contributed by atoms with Gasteiger partial charge in [0.1, 0.15) is 11.3 Å². The Morgan fingerprint density at radius 3 is 2.50 bits per heavy atom. The van der Waals surface area contributed by atoms with E-state index in [0.29, 0.717) is 11.3 Å². The first-order chi connectivity index (χ1) is 6.60. The van der Waals surface area contributed by atoms with Gasteiger partial charge in [-0.15, -0.1) is 0 Å². The number of carbonyl (C=O) groups is 1. The molecule has 76 valence electrons. The molecule has 1 aromatic rings. The average Bonchev–Trinajstić information content (AvgIpc) is 2.15. The van der Waals surface area contributed by atoms with Crippen LogP contribution in [0.4, 0.5) is 0 Å². The Bertz CT molecular complexity index is 361. The molecule has 3 nitrogen and oxygen atoms in total. The molecule has 0 radical (unpaired) electrons. The molecule has 1 aromatic carbocycles. The molecule has 14 heavy (non-hydrogen) atoms. The van der Waals surface area contributed by atoms with E-state index in [-0.39, 0.29) is 5.97 Å². The van der Waals surface area contributed by atoms with Crippen molar-refractivity contribution in [3.8, 4) is 5.75 Å². The quantitative estimate of drug-likeness (QED) is 0.622. The minimum atomic E-state index is -0.372. The molecule has 4 heteroatoms. The van der Waals surface area contributed by atoms with Crippen LogP contribution in [0.1, 0.15) is 15.9 Å². The van der Waals surface area contributed by atoms with Gasteiger partial charge in [0.15, 0.2) is 0 Å². The summed E-state index contributed by atoms with van der Waals surface area (Å²) in [6, 6.07) is 3.71. The standard InChI is InChI=1S/C10H11IO3/c1-6-4-7(10(12)14-3)9(13-2)8(11)5-6/h4-5H,1-3H3. The zero-order valence-electron chi connectivity index (χ0n) is 8.26. The molecule has 0 bridgehead atoms. The van der Waals surface area contributed by atoms with E-state index in [4.69, 9.17) is 4.74 Å². The number of hydrogen-bond donors (Lipinski definition) is 0. The lowest BCUT2D eigenvalue weighted by Crippen LogP contribution is -2.05. The molecule has 0 saturated carbocycles. The molecular formula is C10H11IO3. The number of benzene rings is 1. The highest BCUT2D eigenvalue weighted by molar-refractivity contribution is 14.1. The van der Waals surface area contributed by atoms with Gasteiger partial charge in [0.2, 0.25) is 0 Å². The largest absolute Gasteiger partial charge is 0.495 e. The van der Waals surface area contributed by atoms with Crippen molar-refractivity contribution in [2.24, 2.45) is 0 Å². The smallest absolute Gasteiger partial charge is 0.341 e. The molecular weight excluding hydrogens is 295 g/mol. The van der Waals surface area contributed by atoms with Crippen LogP contribution in [0, 0.1) is 10.5 Å². The third kappa shape index (κ3) is 2.17. The Balaban J connectivity index is 3.32.